The fourth-order valence-electron chi connectivity index (χ4n) is 8.83. The first-order valence-corrected chi connectivity index (χ1v) is 26.0. The Morgan fingerprint density at radius 3 is 2.39 bits per heavy atom. The lowest BCUT2D eigenvalue weighted by Gasteiger charge is -2.35. The fraction of sp³-hybridized carbons (Fsp3) is 0.396. The zero-order valence-electron chi connectivity index (χ0n) is 41.5. The third-order valence-corrected chi connectivity index (χ3v) is 15.2. The molecule has 0 bridgehead atoms. The zero-order chi connectivity index (χ0) is 51.3. The van der Waals surface area contributed by atoms with E-state index in [9.17, 15) is 24.3 Å². The molecule has 8 rings (SSSR count). The van der Waals surface area contributed by atoms with Crippen molar-refractivity contribution in [2.45, 2.75) is 105 Å². The smallest absolute Gasteiger partial charge is 0.246 e. The second-order valence-electron chi connectivity index (χ2n) is 19.2. The largest absolute Gasteiger partial charge is 0.494 e. The number of thiophene rings is 1. The average molecular weight is 1030 g/mol. The maximum Gasteiger partial charge on any atom is 0.246 e. The number of aryl methyl sites for hydroxylation is 3. The topological polar surface area (TPSA) is 202 Å². The Morgan fingerprint density at radius 2 is 1.67 bits per heavy atom. The summed E-state index contributed by atoms with van der Waals surface area (Å²) in [4.78, 5) is 67.6. The number of nitrogens with one attached hydrogen (secondary N) is 3. The van der Waals surface area contributed by atoms with Crippen LogP contribution in [0.3, 0.4) is 0 Å². The molecule has 0 saturated carbocycles. The standard InChI is InChI=1S/C53H60ClN9O7S2/c1-30-32(3)72-52-45(30)46(35-17-19-37(54)20-18-35)58-41(49-61-60-33(4)63(49)52)25-43(65)57-38-11-10-12-40(23-38)70-22-9-8-21-69-28-44(66)59-48(53(5,6)7)51(68)62-27-39(64)24-42(62)50(67)55-26-34-13-15-36(16-14-34)47-31(2)56-29-71-47/h10-20,23,29,39,41-42,48,64H,8-9,21-22,24-28H2,1-7H3,(H,55,67)(H,57,65)(H,59,66)/t39-,41+,42+,48-/m1/s1. The number of unbranched alkanes of at least 4 members (excludes halogenated alkanes) is 1. The molecular weight excluding hydrogens is 974 g/mol. The lowest BCUT2D eigenvalue weighted by molar-refractivity contribution is -0.144. The number of carbonyl (C=O) groups is 4. The quantitative estimate of drug-likeness (QED) is 0.0608. The molecule has 72 heavy (non-hydrogen) atoms. The summed E-state index contributed by atoms with van der Waals surface area (Å²) in [5.74, 6) is 0.335. The SMILES string of the molecule is Cc1ncsc1-c1ccc(CNC(=O)[C@@H]2C[C@@H](O)CN2C(=O)[C@@H](NC(=O)COCCCCOc2cccc(NC(=O)C[C@@H]3N=C(c4ccc(Cl)cc4)c4c(sc(C)c4C)-n4c(C)nnc43)c2)C(C)(C)C)cc1. The summed E-state index contributed by atoms with van der Waals surface area (Å²) in [5, 5.41) is 29.9. The average Bonchev–Trinajstić information content (AvgIpc) is 4.11. The summed E-state index contributed by atoms with van der Waals surface area (Å²) in [7, 11) is 0. The number of halogens is 1. The first-order chi connectivity index (χ1) is 34.4. The van der Waals surface area contributed by atoms with Crippen molar-refractivity contribution in [3.8, 4) is 21.2 Å². The number of carbonyl (C=O) groups excluding carboxylic acids is 4. The number of aromatic nitrogens is 4. The summed E-state index contributed by atoms with van der Waals surface area (Å²) in [6.07, 6.45) is 0.452. The molecule has 0 radical (unpaired) electrons. The fourth-order valence-corrected chi connectivity index (χ4v) is 11.0. The number of hydrogen-bond donors (Lipinski definition) is 4. The van der Waals surface area contributed by atoms with Crippen LogP contribution >= 0.6 is 34.3 Å². The molecule has 378 valence electrons. The summed E-state index contributed by atoms with van der Waals surface area (Å²) in [5.41, 5.74) is 8.32. The van der Waals surface area contributed by atoms with Crippen LogP contribution in [-0.4, -0.2) is 104 Å². The van der Waals surface area contributed by atoms with E-state index in [0.717, 1.165) is 54.0 Å². The number of ether oxygens (including phenoxy) is 2. The van der Waals surface area contributed by atoms with Crippen LogP contribution in [0.25, 0.3) is 15.4 Å². The summed E-state index contributed by atoms with van der Waals surface area (Å²) in [6, 6.07) is 20.1. The van der Waals surface area contributed by atoms with E-state index in [2.05, 4.69) is 45.0 Å². The van der Waals surface area contributed by atoms with E-state index in [-0.39, 0.29) is 51.0 Å². The van der Waals surface area contributed by atoms with E-state index >= 15 is 0 Å². The summed E-state index contributed by atoms with van der Waals surface area (Å²) >= 11 is 9.49. The number of β-amino-alcohol motifs (C(OH)–C–C–N with tert-alkyl or cyclic N) is 1. The first kappa shape index (κ1) is 52.0. The second kappa shape index (κ2) is 22.6. The molecule has 3 aromatic heterocycles. The lowest BCUT2D eigenvalue weighted by atomic mass is 9.85. The number of fused-ring (bicyclic) bond motifs is 3. The number of nitrogens with zero attached hydrogens (tertiary/aromatic N) is 6. The normalized spacial score (nSPS) is 16.8. The van der Waals surface area contributed by atoms with Gasteiger partial charge in [0, 0.05) is 58.9 Å². The number of amides is 4. The molecular formula is C53H60ClN9O7S2. The van der Waals surface area contributed by atoms with Gasteiger partial charge in [0.25, 0.3) is 0 Å². The number of hydrogen-bond acceptors (Lipinski definition) is 13. The van der Waals surface area contributed by atoms with Crippen molar-refractivity contribution in [3.63, 3.8) is 0 Å². The Morgan fingerprint density at radius 1 is 0.931 bits per heavy atom. The van der Waals surface area contributed by atoms with E-state index in [1.165, 1.54) is 4.90 Å². The highest BCUT2D eigenvalue weighted by Gasteiger charge is 2.44. The third kappa shape index (κ3) is 12.1. The van der Waals surface area contributed by atoms with Crippen molar-refractivity contribution in [2.24, 2.45) is 10.4 Å². The number of benzene rings is 3. The molecule has 0 unspecified atom stereocenters. The number of aliphatic hydroxyl groups excluding tert-OH is 1. The van der Waals surface area contributed by atoms with Crippen LogP contribution in [0.4, 0.5) is 5.69 Å². The van der Waals surface area contributed by atoms with Crippen LogP contribution in [-0.2, 0) is 30.5 Å². The maximum atomic E-state index is 14.0. The number of likely N-dealkylation sites (tertiary alicyclic amines) is 1. The number of aliphatic imine (C=N–C) groups is 1. The molecule has 19 heteroatoms. The molecule has 0 spiro atoms. The maximum absolute atomic E-state index is 14.0. The van der Waals surface area contributed by atoms with E-state index in [1.807, 2.05) is 99.3 Å². The number of thiazole rings is 1. The Balaban J connectivity index is 0.786. The van der Waals surface area contributed by atoms with Gasteiger partial charge in [0.1, 0.15) is 41.3 Å². The second-order valence-corrected chi connectivity index (χ2v) is 21.7. The Bertz CT molecular complexity index is 2960. The Hall–Kier alpha value is -6.31. The van der Waals surface area contributed by atoms with Gasteiger partial charge in [0.15, 0.2) is 5.82 Å². The van der Waals surface area contributed by atoms with Crippen molar-refractivity contribution in [1.82, 2.24) is 35.3 Å². The van der Waals surface area contributed by atoms with Crippen molar-refractivity contribution in [1.29, 1.82) is 0 Å². The van der Waals surface area contributed by atoms with Gasteiger partial charge in [0.05, 0.1) is 40.9 Å². The van der Waals surface area contributed by atoms with Crippen LogP contribution in [0.2, 0.25) is 5.02 Å². The molecule has 5 heterocycles. The molecule has 2 aliphatic heterocycles. The summed E-state index contributed by atoms with van der Waals surface area (Å²) < 4.78 is 13.7. The van der Waals surface area contributed by atoms with Crippen LogP contribution in [0.1, 0.15) is 97.0 Å². The first-order valence-electron chi connectivity index (χ1n) is 24.0. The predicted molar refractivity (Wildman–Crippen MR) is 280 cm³/mol. The monoisotopic (exact) mass is 1030 g/mol. The molecule has 1 saturated heterocycles. The van der Waals surface area contributed by atoms with Gasteiger partial charge in [0.2, 0.25) is 23.6 Å². The highest BCUT2D eigenvalue weighted by Crippen LogP contribution is 2.40. The van der Waals surface area contributed by atoms with Gasteiger partial charge in [-0.3, -0.25) is 28.7 Å². The van der Waals surface area contributed by atoms with Crippen molar-refractivity contribution in [2.75, 3.05) is 31.7 Å². The number of aliphatic hydroxyl groups is 1. The van der Waals surface area contributed by atoms with Gasteiger partial charge in [-0.15, -0.1) is 32.9 Å². The van der Waals surface area contributed by atoms with Crippen LogP contribution < -0.4 is 20.7 Å². The van der Waals surface area contributed by atoms with Crippen LogP contribution in [0, 0.1) is 33.1 Å². The van der Waals surface area contributed by atoms with E-state index in [4.69, 9.17) is 26.1 Å². The van der Waals surface area contributed by atoms with E-state index < -0.39 is 41.5 Å². The Labute approximate surface area is 432 Å². The minimum atomic E-state index is -0.974. The van der Waals surface area contributed by atoms with Gasteiger partial charge in [-0.05, 0) is 86.9 Å². The highest BCUT2D eigenvalue weighted by atomic mass is 35.5. The minimum Gasteiger partial charge on any atom is -0.494 e. The van der Waals surface area contributed by atoms with Crippen LogP contribution in [0.15, 0.2) is 83.3 Å². The number of anilines is 1. The molecule has 4 N–H and O–H groups in total. The number of rotatable bonds is 18. The zero-order valence-corrected chi connectivity index (χ0v) is 43.8. The predicted octanol–water partition coefficient (Wildman–Crippen LogP) is 8.24. The van der Waals surface area contributed by atoms with Gasteiger partial charge < -0.3 is 35.4 Å². The summed E-state index contributed by atoms with van der Waals surface area (Å²) in [6.45, 7) is 14.1. The molecule has 16 nitrogen and oxygen atoms in total. The molecule has 4 atom stereocenters. The minimum absolute atomic E-state index is 0.0203. The molecule has 4 amide bonds. The Kier molecular flexibility index (Phi) is 16.4. The molecule has 1 fully saturated rings. The molecule has 3 aromatic carbocycles. The molecule has 6 aromatic rings. The van der Waals surface area contributed by atoms with Gasteiger partial charge >= 0.3 is 0 Å². The van der Waals surface area contributed by atoms with E-state index in [0.29, 0.717) is 47.6 Å². The highest BCUT2D eigenvalue weighted by molar-refractivity contribution is 7.15. The van der Waals surface area contributed by atoms with Gasteiger partial charge in [-0.2, -0.15) is 0 Å². The van der Waals surface area contributed by atoms with E-state index in [1.54, 1.807) is 40.9 Å². The van der Waals surface area contributed by atoms with Gasteiger partial charge in [-0.1, -0.05) is 74.8 Å². The van der Waals surface area contributed by atoms with Crippen molar-refractivity contribution < 1.29 is 33.8 Å². The van der Waals surface area contributed by atoms with Crippen molar-refractivity contribution in [3.05, 3.63) is 128 Å². The van der Waals surface area contributed by atoms with Crippen LogP contribution in [0.5, 0.6) is 5.75 Å². The third-order valence-electron chi connectivity index (χ3n) is 12.7. The van der Waals surface area contributed by atoms with Gasteiger partial charge in [-0.25, -0.2) is 4.98 Å². The molecule has 2 aliphatic rings. The van der Waals surface area contributed by atoms with Crippen molar-refractivity contribution >= 4 is 69.3 Å². The molecule has 0 aliphatic carbocycles. The lowest BCUT2D eigenvalue weighted by Crippen LogP contribution is -2.58.